The van der Waals surface area contributed by atoms with Crippen LogP contribution in [0.1, 0.15) is 15.9 Å². The first-order valence-electron chi connectivity index (χ1n) is 5.15. The molecule has 3 N–H and O–H groups in total. The van der Waals surface area contributed by atoms with Crippen LogP contribution in [0.2, 0.25) is 0 Å². The summed E-state index contributed by atoms with van der Waals surface area (Å²) in [5.41, 5.74) is 0.559. The Balaban J connectivity index is 2.50. The van der Waals surface area contributed by atoms with Crippen LogP contribution in [-0.4, -0.2) is 21.1 Å². The minimum atomic E-state index is -0.361. The molecule has 0 spiro atoms. The highest BCUT2D eigenvalue weighted by atomic mass is 79.9. The summed E-state index contributed by atoms with van der Waals surface area (Å²) in [5, 5.41) is 28.1. The van der Waals surface area contributed by atoms with E-state index in [2.05, 4.69) is 31.9 Å². The number of carbonyl (C=O) groups excluding carboxylic acids is 1. The lowest BCUT2D eigenvalue weighted by molar-refractivity contribution is 0.103. The molecule has 0 atom stereocenters. The summed E-state index contributed by atoms with van der Waals surface area (Å²) in [6, 6.07) is 6.69. The molecule has 98 valence electrons. The van der Waals surface area contributed by atoms with Gasteiger partial charge in [0, 0.05) is 15.6 Å². The van der Waals surface area contributed by atoms with Crippen molar-refractivity contribution >= 4 is 37.6 Å². The van der Waals surface area contributed by atoms with Gasteiger partial charge in [-0.2, -0.15) is 0 Å². The number of benzene rings is 2. The van der Waals surface area contributed by atoms with Gasteiger partial charge in [-0.1, -0.05) is 0 Å². The Morgan fingerprint density at radius 2 is 1.47 bits per heavy atom. The first kappa shape index (κ1) is 13.9. The lowest BCUT2D eigenvalue weighted by Crippen LogP contribution is -2.02. The van der Waals surface area contributed by atoms with Crippen LogP contribution in [0.25, 0.3) is 0 Å². The Kier molecular flexibility index (Phi) is 3.82. The van der Waals surface area contributed by atoms with Crippen LogP contribution in [0.5, 0.6) is 17.2 Å². The van der Waals surface area contributed by atoms with Crippen molar-refractivity contribution in [3.05, 3.63) is 50.4 Å². The molecule has 0 radical (unpaired) electrons. The van der Waals surface area contributed by atoms with Crippen LogP contribution in [0.15, 0.2) is 39.3 Å². The average Bonchev–Trinajstić information content (AvgIpc) is 2.39. The van der Waals surface area contributed by atoms with Crippen molar-refractivity contribution in [1.29, 1.82) is 0 Å². The maximum Gasteiger partial charge on any atom is 0.194 e. The van der Waals surface area contributed by atoms with Crippen molar-refractivity contribution in [3.8, 4) is 17.2 Å². The standard InChI is InChI=1S/C13H8Br2O4/c14-11-7(2-4-9(17)12(11)15)13(19)6-1-3-8(16)10(18)5-6/h1-5,16-18H. The zero-order valence-corrected chi connectivity index (χ0v) is 12.6. The van der Waals surface area contributed by atoms with Crippen LogP contribution in [0.4, 0.5) is 0 Å². The van der Waals surface area contributed by atoms with Gasteiger partial charge in [0.25, 0.3) is 0 Å². The molecule has 0 saturated carbocycles. The minimum absolute atomic E-state index is 0.0111. The third kappa shape index (κ3) is 2.59. The van der Waals surface area contributed by atoms with E-state index in [1.54, 1.807) is 0 Å². The molecular formula is C13H8Br2O4. The van der Waals surface area contributed by atoms with E-state index in [1.165, 1.54) is 30.3 Å². The molecule has 0 aliphatic carbocycles. The van der Waals surface area contributed by atoms with Gasteiger partial charge < -0.3 is 15.3 Å². The normalized spacial score (nSPS) is 10.4. The summed E-state index contributed by atoms with van der Waals surface area (Å²) < 4.78 is 0.798. The molecule has 2 aromatic rings. The number of ketones is 1. The lowest BCUT2D eigenvalue weighted by atomic mass is 10.0. The molecule has 0 bridgehead atoms. The predicted octanol–water partition coefficient (Wildman–Crippen LogP) is 3.56. The maximum atomic E-state index is 12.3. The first-order valence-corrected chi connectivity index (χ1v) is 6.74. The van der Waals surface area contributed by atoms with Crippen molar-refractivity contribution in [2.24, 2.45) is 0 Å². The number of phenols is 3. The lowest BCUT2D eigenvalue weighted by Gasteiger charge is -2.08. The second-order valence-corrected chi connectivity index (χ2v) is 5.38. The van der Waals surface area contributed by atoms with Gasteiger partial charge >= 0.3 is 0 Å². The largest absolute Gasteiger partial charge is 0.507 e. The molecule has 0 aliphatic heterocycles. The molecule has 6 heteroatoms. The zero-order chi connectivity index (χ0) is 14.2. The Morgan fingerprint density at radius 3 is 2.11 bits per heavy atom. The number of phenolic OH excluding ortho intramolecular Hbond substituents is 3. The highest BCUT2D eigenvalue weighted by molar-refractivity contribution is 9.13. The molecule has 0 aromatic heterocycles. The number of aromatic hydroxyl groups is 3. The van der Waals surface area contributed by atoms with E-state index in [9.17, 15) is 20.1 Å². The summed E-state index contributed by atoms with van der Waals surface area (Å²) in [6.45, 7) is 0. The van der Waals surface area contributed by atoms with Gasteiger partial charge in [-0.05, 0) is 62.2 Å². The van der Waals surface area contributed by atoms with Gasteiger partial charge in [-0.3, -0.25) is 4.79 Å². The summed E-state index contributed by atoms with van der Waals surface area (Å²) in [5.74, 6) is -0.984. The van der Waals surface area contributed by atoms with E-state index in [4.69, 9.17) is 0 Å². The Morgan fingerprint density at radius 1 is 0.842 bits per heavy atom. The fourth-order valence-corrected chi connectivity index (χ4v) is 2.40. The second kappa shape index (κ2) is 5.22. The highest BCUT2D eigenvalue weighted by Crippen LogP contribution is 2.36. The van der Waals surface area contributed by atoms with Gasteiger partial charge in [-0.25, -0.2) is 0 Å². The molecule has 4 nitrogen and oxygen atoms in total. The molecule has 0 unspecified atom stereocenters. The van der Waals surface area contributed by atoms with Crippen LogP contribution >= 0.6 is 31.9 Å². The topological polar surface area (TPSA) is 77.8 Å². The van der Waals surface area contributed by atoms with Gasteiger partial charge in [-0.15, -0.1) is 0 Å². The average molecular weight is 388 g/mol. The summed E-state index contributed by atoms with van der Waals surface area (Å²) in [6.07, 6.45) is 0. The van der Waals surface area contributed by atoms with Crippen LogP contribution in [0, 0.1) is 0 Å². The van der Waals surface area contributed by atoms with E-state index < -0.39 is 0 Å². The van der Waals surface area contributed by atoms with E-state index in [0.29, 0.717) is 14.5 Å². The Labute approximate surface area is 125 Å². The summed E-state index contributed by atoms with van der Waals surface area (Å²) in [4.78, 5) is 12.3. The number of halogens is 2. The van der Waals surface area contributed by atoms with E-state index in [1.807, 2.05) is 0 Å². The quantitative estimate of drug-likeness (QED) is 0.543. The molecule has 2 aromatic carbocycles. The predicted molar refractivity (Wildman–Crippen MR) is 76.7 cm³/mol. The van der Waals surface area contributed by atoms with Gasteiger partial charge in [0.2, 0.25) is 0 Å². The first-order chi connectivity index (χ1) is 8.91. The van der Waals surface area contributed by atoms with Crippen molar-refractivity contribution in [2.45, 2.75) is 0 Å². The fourth-order valence-electron chi connectivity index (χ4n) is 1.53. The van der Waals surface area contributed by atoms with Crippen molar-refractivity contribution in [2.75, 3.05) is 0 Å². The van der Waals surface area contributed by atoms with E-state index in [0.717, 1.165) is 0 Å². The Hall–Kier alpha value is -1.53. The fraction of sp³-hybridized carbons (Fsp3) is 0. The highest BCUT2D eigenvalue weighted by Gasteiger charge is 2.17. The van der Waals surface area contributed by atoms with E-state index >= 15 is 0 Å². The molecule has 0 amide bonds. The SMILES string of the molecule is O=C(c1ccc(O)c(O)c1)c1ccc(O)c(Br)c1Br. The Bertz CT molecular complexity index is 668. The van der Waals surface area contributed by atoms with E-state index in [-0.39, 0.29) is 28.6 Å². The second-order valence-electron chi connectivity index (χ2n) is 3.79. The van der Waals surface area contributed by atoms with Gasteiger partial charge in [0.15, 0.2) is 17.3 Å². The number of carbonyl (C=O) groups is 1. The molecule has 2 rings (SSSR count). The van der Waals surface area contributed by atoms with Crippen molar-refractivity contribution in [3.63, 3.8) is 0 Å². The molecule has 19 heavy (non-hydrogen) atoms. The molecule has 0 heterocycles. The molecule has 0 aliphatic rings. The summed E-state index contributed by atoms with van der Waals surface area (Å²) in [7, 11) is 0. The monoisotopic (exact) mass is 386 g/mol. The number of hydrogen-bond donors (Lipinski definition) is 3. The van der Waals surface area contributed by atoms with Crippen molar-refractivity contribution < 1.29 is 20.1 Å². The summed E-state index contributed by atoms with van der Waals surface area (Å²) >= 11 is 6.38. The number of rotatable bonds is 2. The molecule has 0 saturated heterocycles. The van der Waals surface area contributed by atoms with Crippen LogP contribution < -0.4 is 0 Å². The third-order valence-corrected chi connectivity index (χ3v) is 4.70. The maximum absolute atomic E-state index is 12.3. The van der Waals surface area contributed by atoms with Gasteiger partial charge in [0.1, 0.15) is 5.75 Å². The van der Waals surface area contributed by atoms with Crippen molar-refractivity contribution in [1.82, 2.24) is 0 Å². The van der Waals surface area contributed by atoms with Crippen LogP contribution in [-0.2, 0) is 0 Å². The zero-order valence-electron chi connectivity index (χ0n) is 9.39. The smallest absolute Gasteiger partial charge is 0.194 e. The van der Waals surface area contributed by atoms with Crippen LogP contribution in [0.3, 0.4) is 0 Å². The van der Waals surface area contributed by atoms with Gasteiger partial charge in [0.05, 0.1) is 4.47 Å². The molecule has 0 fully saturated rings. The number of hydrogen-bond acceptors (Lipinski definition) is 4. The minimum Gasteiger partial charge on any atom is -0.507 e. The third-order valence-electron chi connectivity index (χ3n) is 2.54. The molecular weight excluding hydrogens is 380 g/mol.